The van der Waals surface area contributed by atoms with Crippen molar-refractivity contribution in [2.24, 2.45) is 0 Å². The maximum atomic E-state index is 5.18. The van der Waals surface area contributed by atoms with Crippen molar-refractivity contribution in [3.8, 4) is 10.7 Å². The largest absolute Gasteiger partial charge is 0.353 e. The number of nitrogens with zero attached hydrogens (tertiary/aromatic N) is 3. The average molecular weight is 317 g/mol. The van der Waals surface area contributed by atoms with E-state index in [0.717, 1.165) is 10.6 Å². The maximum absolute atomic E-state index is 5.18. The highest BCUT2D eigenvalue weighted by Gasteiger charge is 2.09. The first-order chi connectivity index (χ1) is 10.3. The molecule has 3 rings (SSSR count). The quantitative estimate of drug-likeness (QED) is 0.716. The minimum absolute atomic E-state index is 0.366. The van der Waals surface area contributed by atoms with Crippen LogP contribution < -0.4 is 10.6 Å². The molecule has 0 aliphatic heterocycles. The molecular weight excluding hydrogens is 306 g/mol. The summed E-state index contributed by atoms with van der Waals surface area (Å²) in [4.78, 5) is 9.27. The molecule has 0 aromatic carbocycles. The van der Waals surface area contributed by atoms with Crippen molar-refractivity contribution in [3.05, 3.63) is 47.9 Å². The highest BCUT2D eigenvalue weighted by atomic mass is 32.1. The summed E-state index contributed by atoms with van der Waals surface area (Å²) in [6.45, 7) is 0.366. The Morgan fingerprint density at radius 3 is 3.05 bits per heavy atom. The van der Waals surface area contributed by atoms with Crippen LogP contribution in [0.4, 0.5) is 5.69 Å². The zero-order valence-corrected chi connectivity index (χ0v) is 12.4. The van der Waals surface area contributed by atoms with Gasteiger partial charge in [-0.25, -0.2) is 0 Å². The van der Waals surface area contributed by atoms with Gasteiger partial charge >= 0.3 is 0 Å². The number of nitrogens with one attached hydrogen (secondary N) is 2. The lowest BCUT2D eigenvalue weighted by Gasteiger charge is -2.07. The Kier molecular flexibility index (Phi) is 4.17. The van der Waals surface area contributed by atoms with E-state index in [1.165, 1.54) is 0 Å². The van der Waals surface area contributed by atoms with Crippen molar-refractivity contribution in [2.75, 3.05) is 5.32 Å². The summed E-state index contributed by atoms with van der Waals surface area (Å²) in [5, 5.41) is 12.4. The average Bonchev–Trinajstić information content (AvgIpc) is 3.17. The monoisotopic (exact) mass is 317 g/mol. The van der Waals surface area contributed by atoms with Gasteiger partial charge in [0.1, 0.15) is 0 Å². The summed E-state index contributed by atoms with van der Waals surface area (Å²) in [5.41, 5.74) is 0.819. The highest BCUT2D eigenvalue weighted by molar-refractivity contribution is 7.80. The van der Waals surface area contributed by atoms with Gasteiger partial charge in [-0.15, -0.1) is 11.3 Å². The van der Waals surface area contributed by atoms with Gasteiger partial charge in [-0.05, 0) is 35.8 Å². The fraction of sp³-hybridized carbons (Fsp3) is 0.0769. The number of anilines is 1. The van der Waals surface area contributed by atoms with Crippen LogP contribution in [0.1, 0.15) is 5.89 Å². The second-order valence-corrected chi connectivity index (χ2v) is 5.39. The first-order valence-corrected chi connectivity index (χ1v) is 7.41. The Labute approximate surface area is 130 Å². The number of pyridine rings is 1. The van der Waals surface area contributed by atoms with E-state index in [-0.39, 0.29) is 0 Å². The SMILES string of the molecule is S=C(NCc1nc(-c2cccs2)no1)Nc1cccnc1. The van der Waals surface area contributed by atoms with Crippen molar-refractivity contribution in [3.63, 3.8) is 0 Å². The standard InChI is InChI=1S/C13H11N5OS2/c20-13(16-9-3-1-5-14-7-9)15-8-11-17-12(18-19-11)10-4-2-6-21-10/h1-7H,8H2,(H2,15,16,20). The molecule has 3 aromatic heterocycles. The van der Waals surface area contributed by atoms with Crippen molar-refractivity contribution in [2.45, 2.75) is 6.54 Å². The Balaban J connectivity index is 1.54. The normalized spacial score (nSPS) is 10.3. The molecule has 0 unspecified atom stereocenters. The van der Waals surface area contributed by atoms with Crippen LogP contribution in [0.3, 0.4) is 0 Å². The Bertz CT molecular complexity index is 711. The first kappa shape index (κ1) is 13.7. The Hall–Kier alpha value is -2.32. The lowest BCUT2D eigenvalue weighted by molar-refractivity contribution is 0.376. The second-order valence-electron chi connectivity index (χ2n) is 4.04. The molecular formula is C13H11N5OS2. The van der Waals surface area contributed by atoms with Gasteiger partial charge in [0.15, 0.2) is 5.11 Å². The van der Waals surface area contributed by atoms with E-state index in [9.17, 15) is 0 Å². The molecule has 2 N–H and O–H groups in total. The highest BCUT2D eigenvalue weighted by Crippen LogP contribution is 2.21. The third-order valence-electron chi connectivity index (χ3n) is 2.53. The van der Waals surface area contributed by atoms with Crippen LogP contribution in [-0.2, 0) is 6.54 Å². The summed E-state index contributed by atoms with van der Waals surface area (Å²) in [6, 6.07) is 7.60. The predicted octanol–water partition coefficient (Wildman–Crippen LogP) is 2.68. The van der Waals surface area contributed by atoms with Gasteiger partial charge in [0.05, 0.1) is 23.3 Å². The molecule has 0 fully saturated rings. The molecule has 0 aliphatic carbocycles. The fourth-order valence-electron chi connectivity index (χ4n) is 1.60. The molecule has 0 radical (unpaired) electrons. The van der Waals surface area contributed by atoms with E-state index in [4.69, 9.17) is 16.7 Å². The summed E-state index contributed by atoms with van der Waals surface area (Å²) in [5.74, 6) is 1.07. The Morgan fingerprint density at radius 1 is 1.33 bits per heavy atom. The number of thiophene rings is 1. The van der Waals surface area contributed by atoms with E-state index in [0.29, 0.717) is 23.4 Å². The van der Waals surface area contributed by atoms with Gasteiger partial charge in [-0.3, -0.25) is 4.98 Å². The first-order valence-electron chi connectivity index (χ1n) is 6.12. The molecule has 0 bridgehead atoms. The summed E-state index contributed by atoms with van der Waals surface area (Å²) < 4.78 is 5.17. The summed E-state index contributed by atoms with van der Waals surface area (Å²) >= 11 is 6.75. The van der Waals surface area contributed by atoms with Gasteiger partial charge in [0, 0.05) is 6.20 Å². The van der Waals surface area contributed by atoms with Gasteiger partial charge in [0.25, 0.3) is 0 Å². The van der Waals surface area contributed by atoms with Crippen molar-refractivity contribution >= 4 is 34.4 Å². The lowest BCUT2D eigenvalue weighted by Crippen LogP contribution is -2.28. The zero-order valence-electron chi connectivity index (χ0n) is 10.8. The van der Waals surface area contributed by atoms with E-state index in [1.54, 1.807) is 23.7 Å². The molecule has 0 spiro atoms. The molecule has 0 saturated carbocycles. The molecule has 8 heteroatoms. The number of rotatable bonds is 4. The van der Waals surface area contributed by atoms with Crippen LogP contribution in [0.5, 0.6) is 0 Å². The lowest BCUT2D eigenvalue weighted by atomic mass is 10.4. The van der Waals surface area contributed by atoms with Gasteiger partial charge < -0.3 is 15.2 Å². The maximum Gasteiger partial charge on any atom is 0.246 e. The third-order valence-corrected chi connectivity index (χ3v) is 3.64. The minimum Gasteiger partial charge on any atom is -0.353 e. The van der Waals surface area contributed by atoms with Gasteiger partial charge in [-0.2, -0.15) is 4.98 Å². The zero-order chi connectivity index (χ0) is 14.5. The molecule has 0 saturated heterocycles. The van der Waals surface area contributed by atoms with Crippen LogP contribution in [0.15, 0.2) is 46.6 Å². The number of hydrogen-bond donors (Lipinski definition) is 2. The molecule has 0 aliphatic rings. The molecule has 21 heavy (non-hydrogen) atoms. The van der Waals surface area contributed by atoms with Crippen LogP contribution in [0.2, 0.25) is 0 Å². The van der Waals surface area contributed by atoms with Crippen molar-refractivity contribution in [1.29, 1.82) is 0 Å². The third kappa shape index (κ3) is 3.61. The minimum atomic E-state index is 0.366. The Morgan fingerprint density at radius 2 is 2.29 bits per heavy atom. The van der Waals surface area contributed by atoms with Crippen LogP contribution >= 0.6 is 23.6 Å². The fourth-order valence-corrected chi connectivity index (χ4v) is 2.44. The number of aromatic nitrogens is 3. The van der Waals surface area contributed by atoms with Crippen molar-refractivity contribution < 1.29 is 4.52 Å². The summed E-state index contributed by atoms with van der Waals surface area (Å²) in [7, 11) is 0. The molecule has 6 nitrogen and oxygen atoms in total. The van der Waals surface area contributed by atoms with E-state index >= 15 is 0 Å². The topological polar surface area (TPSA) is 75.9 Å². The van der Waals surface area contributed by atoms with Gasteiger partial charge in [0.2, 0.25) is 11.7 Å². The van der Waals surface area contributed by atoms with E-state index in [2.05, 4.69) is 25.8 Å². The smallest absolute Gasteiger partial charge is 0.246 e. The molecule has 106 valence electrons. The van der Waals surface area contributed by atoms with Crippen LogP contribution in [0, 0.1) is 0 Å². The molecule has 0 atom stereocenters. The second kappa shape index (κ2) is 6.42. The molecule has 0 amide bonds. The molecule has 3 aromatic rings. The van der Waals surface area contributed by atoms with Crippen LogP contribution in [0.25, 0.3) is 10.7 Å². The number of hydrogen-bond acceptors (Lipinski definition) is 6. The molecule has 3 heterocycles. The number of thiocarbonyl (C=S) groups is 1. The van der Waals surface area contributed by atoms with Crippen LogP contribution in [-0.4, -0.2) is 20.2 Å². The van der Waals surface area contributed by atoms with Gasteiger partial charge in [-0.1, -0.05) is 11.2 Å². The van der Waals surface area contributed by atoms with E-state index in [1.807, 2.05) is 29.6 Å². The summed E-state index contributed by atoms with van der Waals surface area (Å²) in [6.07, 6.45) is 3.39. The van der Waals surface area contributed by atoms with E-state index < -0.39 is 0 Å². The van der Waals surface area contributed by atoms with Crippen molar-refractivity contribution in [1.82, 2.24) is 20.4 Å². The predicted molar refractivity (Wildman–Crippen MR) is 84.9 cm³/mol.